The number of benzene rings is 2. The Bertz CT molecular complexity index is 914. The van der Waals surface area contributed by atoms with Crippen LogP contribution < -0.4 is 4.74 Å². The molecule has 0 radical (unpaired) electrons. The molecule has 0 aliphatic carbocycles. The summed E-state index contributed by atoms with van der Waals surface area (Å²) in [6.45, 7) is 4.12. The highest BCUT2D eigenvalue weighted by Crippen LogP contribution is 2.31. The Morgan fingerprint density at radius 1 is 1.04 bits per heavy atom. The van der Waals surface area contributed by atoms with Gasteiger partial charge >= 0.3 is 0 Å². The van der Waals surface area contributed by atoms with Gasteiger partial charge in [-0.05, 0) is 66.4 Å². The van der Waals surface area contributed by atoms with E-state index in [2.05, 4.69) is 18.2 Å². The summed E-state index contributed by atoms with van der Waals surface area (Å²) < 4.78 is 5.49. The van der Waals surface area contributed by atoms with Gasteiger partial charge in [-0.3, -0.25) is 4.79 Å². The highest BCUT2D eigenvalue weighted by Gasteiger charge is 2.22. The first kappa shape index (κ1) is 16.9. The highest BCUT2D eigenvalue weighted by molar-refractivity contribution is 7.17. The second kappa shape index (κ2) is 7.34. The van der Waals surface area contributed by atoms with Gasteiger partial charge in [-0.25, -0.2) is 0 Å². The largest absolute Gasteiger partial charge is 0.494 e. The van der Waals surface area contributed by atoms with Gasteiger partial charge in [0.1, 0.15) is 5.75 Å². The van der Waals surface area contributed by atoms with Gasteiger partial charge in [0.15, 0.2) is 0 Å². The van der Waals surface area contributed by atoms with Crippen LogP contribution in [0.3, 0.4) is 0 Å². The third kappa shape index (κ3) is 3.37. The second-order valence-corrected chi connectivity index (χ2v) is 7.45. The molecule has 1 aliphatic rings. The van der Waals surface area contributed by atoms with Gasteiger partial charge in [-0.15, -0.1) is 11.3 Å². The minimum Gasteiger partial charge on any atom is -0.494 e. The predicted octanol–water partition coefficient (Wildman–Crippen LogP) is 5.01. The zero-order chi connectivity index (χ0) is 17.9. The number of fused-ring (bicyclic) bond motifs is 1. The molecule has 2 aromatic carbocycles. The van der Waals surface area contributed by atoms with E-state index in [1.54, 1.807) is 11.3 Å². The molecule has 0 bridgehead atoms. The van der Waals surface area contributed by atoms with E-state index in [1.165, 1.54) is 11.1 Å². The molecule has 4 rings (SSSR count). The third-order valence-electron chi connectivity index (χ3n) is 4.68. The first-order valence-electron chi connectivity index (χ1n) is 8.93. The van der Waals surface area contributed by atoms with Crippen molar-refractivity contribution in [3.8, 4) is 16.2 Å². The fourth-order valence-electron chi connectivity index (χ4n) is 3.31. The van der Waals surface area contributed by atoms with Crippen LogP contribution in [0.2, 0.25) is 0 Å². The molecule has 4 heteroatoms. The van der Waals surface area contributed by atoms with Crippen molar-refractivity contribution in [2.45, 2.75) is 19.9 Å². The molecule has 0 spiro atoms. The first-order valence-corrected chi connectivity index (χ1v) is 9.75. The lowest BCUT2D eigenvalue weighted by Gasteiger charge is -2.28. The summed E-state index contributed by atoms with van der Waals surface area (Å²) in [7, 11) is 0. The van der Waals surface area contributed by atoms with E-state index >= 15 is 0 Å². The van der Waals surface area contributed by atoms with Gasteiger partial charge in [0.05, 0.1) is 11.5 Å². The van der Waals surface area contributed by atoms with Crippen LogP contribution in [-0.2, 0) is 13.0 Å². The molecule has 1 aliphatic heterocycles. The van der Waals surface area contributed by atoms with Crippen molar-refractivity contribution < 1.29 is 9.53 Å². The van der Waals surface area contributed by atoms with Gasteiger partial charge < -0.3 is 9.64 Å². The van der Waals surface area contributed by atoms with Crippen LogP contribution in [0.5, 0.6) is 5.75 Å². The van der Waals surface area contributed by atoms with Gasteiger partial charge in [-0.1, -0.05) is 24.3 Å². The van der Waals surface area contributed by atoms with E-state index in [0.717, 1.165) is 34.0 Å². The highest BCUT2D eigenvalue weighted by atomic mass is 32.1. The van der Waals surface area contributed by atoms with Crippen molar-refractivity contribution in [2.75, 3.05) is 13.2 Å². The van der Waals surface area contributed by atoms with E-state index in [9.17, 15) is 4.79 Å². The maximum Gasteiger partial charge on any atom is 0.264 e. The minimum atomic E-state index is 0.127. The average Bonchev–Trinajstić information content (AvgIpc) is 3.18. The van der Waals surface area contributed by atoms with Crippen LogP contribution in [-0.4, -0.2) is 24.0 Å². The summed E-state index contributed by atoms with van der Waals surface area (Å²) in [5, 5.41) is 0. The van der Waals surface area contributed by atoms with Crippen molar-refractivity contribution >= 4 is 17.2 Å². The number of carbonyl (C=O) groups excluding carboxylic acids is 1. The summed E-state index contributed by atoms with van der Waals surface area (Å²) >= 11 is 1.56. The molecule has 0 saturated carbocycles. The van der Waals surface area contributed by atoms with Crippen LogP contribution >= 0.6 is 11.3 Å². The molecule has 0 atom stereocenters. The van der Waals surface area contributed by atoms with Gasteiger partial charge in [0, 0.05) is 18.0 Å². The number of thiophene rings is 1. The van der Waals surface area contributed by atoms with Gasteiger partial charge in [0.2, 0.25) is 0 Å². The number of rotatable bonds is 4. The summed E-state index contributed by atoms with van der Waals surface area (Å²) in [6, 6.07) is 20.4. The smallest absolute Gasteiger partial charge is 0.264 e. The van der Waals surface area contributed by atoms with Crippen LogP contribution in [0.25, 0.3) is 10.4 Å². The number of carbonyl (C=O) groups is 1. The second-order valence-electron chi connectivity index (χ2n) is 6.37. The van der Waals surface area contributed by atoms with E-state index in [1.807, 2.05) is 54.3 Å². The van der Waals surface area contributed by atoms with Crippen LogP contribution in [0, 0.1) is 0 Å². The summed E-state index contributed by atoms with van der Waals surface area (Å²) in [6.07, 6.45) is 0.930. The molecule has 1 amide bonds. The fraction of sp³-hybridized carbons (Fsp3) is 0.227. The van der Waals surface area contributed by atoms with Crippen LogP contribution in [0.4, 0.5) is 0 Å². The normalized spacial score (nSPS) is 13.3. The lowest BCUT2D eigenvalue weighted by atomic mass is 10.00. The number of nitrogens with zero attached hydrogens (tertiary/aromatic N) is 1. The molecule has 0 fully saturated rings. The molecule has 132 valence electrons. The minimum absolute atomic E-state index is 0.127. The Balaban J connectivity index is 1.50. The summed E-state index contributed by atoms with van der Waals surface area (Å²) in [4.78, 5) is 16.8. The molecule has 3 nitrogen and oxygen atoms in total. The lowest BCUT2D eigenvalue weighted by molar-refractivity contribution is 0.0739. The first-order chi connectivity index (χ1) is 12.7. The molecule has 0 saturated heterocycles. The van der Waals surface area contributed by atoms with Crippen molar-refractivity contribution in [3.05, 3.63) is 76.7 Å². The lowest BCUT2D eigenvalue weighted by Crippen LogP contribution is -2.35. The molecule has 0 unspecified atom stereocenters. The number of ether oxygens (including phenoxy) is 1. The van der Waals surface area contributed by atoms with Crippen molar-refractivity contribution in [1.82, 2.24) is 4.90 Å². The molecule has 0 N–H and O–H groups in total. The standard InChI is InChI=1S/C22H21NO2S/c1-2-25-19-9-7-17(8-10-19)20-11-12-21(26-20)22(24)23-14-13-16-5-3-4-6-18(16)15-23/h3-12H,2,13-15H2,1H3. The molecular formula is C22H21NO2S. The zero-order valence-corrected chi connectivity index (χ0v) is 15.6. The van der Waals surface area contributed by atoms with Crippen molar-refractivity contribution in [3.63, 3.8) is 0 Å². The monoisotopic (exact) mass is 363 g/mol. The zero-order valence-electron chi connectivity index (χ0n) is 14.8. The molecule has 1 aromatic heterocycles. The Morgan fingerprint density at radius 2 is 1.81 bits per heavy atom. The number of hydrogen-bond acceptors (Lipinski definition) is 3. The maximum atomic E-state index is 12.9. The predicted molar refractivity (Wildman–Crippen MR) is 106 cm³/mol. The van der Waals surface area contributed by atoms with Crippen LogP contribution in [0.15, 0.2) is 60.7 Å². The van der Waals surface area contributed by atoms with Crippen molar-refractivity contribution in [1.29, 1.82) is 0 Å². The number of hydrogen-bond donors (Lipinski definition) is 0. The van der Waals surface area contributed by atoms with E-state index in [-0.39, 0.29) is 5.91 Å². The average molecular weight is 363 g/mol. The SMILES string of the molecule is CCOc1ccc(-c2ccc(C(=O)N3CCc4ccccc4C3)s2)cc1. The summed E-state index contributed by atoms with van der Waals surface area (Å²) in [5.41, 5.74) is 3.73. The number of amides is 1. The Labute approximate surface area is 157 Å². The van der Waals surface area contributed by atoms with Gasteiger partial charge in [-0.2, -0.15) is 0 Å². The molecular weight excluding hydrogens is 342 g/mol. The van der Waals surface area contributed by atoms with E-state index in [0.29, 0.717) is 13.2 Å². The Morgan fingerprint density at radius 3 is 2.58 bits per heavy atom. The molecule has 3 aromatic rings. The molecule has 2 heterocycles. The van der Waals surface area contributed by atoms with Crippen LogP contribution in [0.1, 0.15) is 27.7 Å². The topological polar surface area (TPSA) is 29.5 Å². The van der Waals surface area contributed by atoms with Gasteiger partial charge in [0.25, 0.3) is 5.91 Å². The Kier molecular flexibility index (Phi) is 4.76. The molecule has 26 heavy (non-hydrogen) atoms. The summed E-state index contributed by atoms with van der Waals surface area (Å²) in [5.74, 6) is 0.998. The maximum absolute atomic E-state index is 12.9. The Hall–Kier alpha value is -2.59. The van der Waals surface area contributed by atoms with Crippen molar-refractivity contribution in [2.24, 2.45) is 0 Å². The van der Waals surface area contributed by atoms with E-state index < -0.39 is 0 Å². The quantitative estimate of drug-likeness (QED) is 0.652. The third-order valence-corrected chi connectivity index (χ3v) is 5.81. The fourth-order valence-corrected chi connectivity index (χ4v) is 4.29. The van der Waals surface area contributed by atoms with E-state index in [4.69, 9.17) is 4.74 Å².